The van der Waals surface area contributed by atoms with E-state index in [0.717, 1.165) is 11.1 Å². The van der Waals surface area contributed by atoms with E-state index in [0.29, 0.717) is 11.3 Å². The number of benzene rings is 2. The number of nitrogens with one attached hydrogen (secondary N) is 3. The average molecular weight is 515 g/mol. The molecule has 2 heterocycles. The number of carbonyl (C=O) groups is 4. The zero-order valence-electron chi connectivity index (χ0n) is 19.8. The number of carbonyl (C=O) groups excluding carboxylic acids is 4. The van der Waals surface area contributed by atoms with Gasteiger partial charge in [0.15, 0.2) is 0 Å². The first-order valence-electron chi connectivity index (χ1n) is 12.0. The zero-order chi connectivity index (χ0) is 26.4. The van der Waals surface area contributed by atoms with Crippen molar-refractivity contribution in [3.63, 3.8) is 0 Å². The molecule has 194 valence electrons. The summed E-state index contributed by atoms with van der Waals surface area (Å²) in [7, 11) is 0. The fraction of sp³-hybridized carbons (Fsp3) is 0.385. The van der Waals surface area contributed by atoms with E-state index in [4.69, 9.17) is 0 Å². The number of alkyl halides is 3. The first kappa shape index (κ1) is 24.8. The van der Waals surface area contributed by atoms with Crippen molar-refractivity contribution in [2.45, 2.75) is 56.4 Å². The zero-order valence-corrected chi connectivity index (χ0v) is 19.8. The van der Waals surface area contributed by atoms with Gasteiger partial charge in [0.2, 0.25) is 17.7 Å². The van der Waals surface area contributed by atoms with Crippen LogP contribution in [0.5, 0.6) is 0 Å². The molecule has 0 radical (unpaired) electrons. The van der Waals surface area contributed by atoms with Crippen molar-refractivity contribution >= 4 is 29.3 Å². The van der Waals surface area contributed by atoms with Crippen LogP contribution in [0.1, 0.15) is 52.7 Å². The summed E-state index contributed by atoms with van der Waals surface area (Å²) in [4.78, 5) is 50.5. The largest absolute Gasteiger partial charge is 0.398 e. The van der Waals surface area contributed by atoms with Crippen LogP contribution in [0.2, 0.25) is 0 Å². The summed E-state index contributed by atoms with van der Waals surface area (Å²) in [6, 6.07) is 10.4. The summed E-state index contributed by atoms with van der Waals surface area (Å²) < 4.78 is 39.9. The Hall–Kier alpha value is -3.89. The predicted octanol–water partition coefficient (Wildman–Crippen LogP) is 2.77. The van der Waals surface area contributed by atoms with Crippen LogP contribution >= 0.6 is 0 Å². The Morgan fingerprint density at radius 2 is 1.81 bits per heavy atom. The van der Waals surface area contributed by atoms with E-state index in [2.05, 4.69) is 16.0 Å². The van der Waals surface area contributed by atoms with Crippen LogP contribution in [0.25, 0.3) is 0 Å². The number of piperidine rings is 1. The van der Waals surface area contributed by atoms with Gasteiger partial charge in [-0.1, -0.05) is 24.3 Å². The number of imide groups is 1. The lowest BCUT2D eigenvalue weighted by Gasteiger charge is -2.29. The summed E-state index contributed by atoms with van der Waals surface area (Å²) >= 11 is 0. The second kappa shape index (κ2) is 9.20. The van der Waals surface area contributed by atoms with Crippen LogP contribution < -0.4 is 16.0 Å². The second-order valence-electron chi connectivity index (χ2n) is 9.63. The Morgan fingerprint density at radius 1 is 1.08 bits per heavy atom. The van der Waals surface area contributed by atoms with Crippen LogP contribution in [0.15, 0.2) is 42.5 Å². The van der Waals surface area contributed by atoms with Gasteiger partial charge in [-0.25, -0.2) is 0 Å². The highest BCUT2D eigenvalue weighted by Crippen LogP contribution is 2.58. The summed E-state index contributed by atoms with van der Waals surface area (Å²) in [6.07, 6.45) is -3.67. The van der Waals surface area contributed by atoms with Gasteiger partial charge in [-0.2, -0.15) is 13.2 Å². The minimum absolute atomic E-state index is 0.0832. The van der Waals surface area contributed by atoms with Crippen molar-refractivity contribution in [3.05, 3.63) is 64.7 Å². The van der Waals surface area contributed by atoms with Crippen molar-refractivity contribution in [2.24, 2.45) is 0 Å². The molecule has 5 rings (SSSR count). The van der Waals surface area contributed by atoms with Gasteiger partial charge in [0.25, 0.3) is 5.91 Å². The molecule has 0 unspecified atom stereocenters. The highest BCUT2D eigenvalue weighted by atomic mass is 19.4. The monoisotopic (exact) mass is 514 g/mol. The molecular formula is C26H25F3N4O4. The Balaban J connectivity index is 1.16. The lowest BCUT2D eigenvalue weighted by molar-refractivity contribution is -0.160. The molecule has 37 heavy (non-hydrogen) atoms. The van der Waals surface area contributed by atoms with Gasteiger partial charge in [-0.3, -0.25) is 24.5 Å². The van der Waals surface area contributed by atoms with Gasteiger partial charge in [-0.15, -0.1) is 0 Å². The highest BCUT2D eigenvalue weighted by Gasteiger charge is 2.64. The van der Waals surface area contributed by atoms with E-state index in [1.165, 1.54) is 29.2 Å². The molecule has 1 saturated carbocycles. The molecule has 0 spiro atoms. The summed E-state index contributed by atoms with van der Waals surface area (Å²) in [6.45, 7) is 0.282. The molecule has 1 aliphatic carbocycles. The van der Waals surface area contributed by atoms with Crippen molar-refractivity contribution < 1.29 is 32.3 Å². The lowest BCUT2D eigenvalue weighted by atomic mass is 9.95. The van der Waals surface area contributed by atoms with Crippen molar-refractivity contribution in [3.8, 4) is 0 Å². The first-order valence-corrected chi connectivity index (χ1v) is 12.0. The van der Waals surface area contributed by atoms with Gasteiger partial charge in [-0.05, 0) is 54.2 Å². The summed E-state index contributed by atoms with van der Waals surface area (Å²) in [5.41, 5.74) is 0.937. The van der Waals surface area contributed by atoms with Crippen LogP contribution in [-0.2, 0) is 32.9 Å². The molecule has 1 saturated heterocycles. The Labute approximate surface area is 210 Å². The molecule has 2 aliphatic heterocycles. The number of anilines is 1. The number of hydrogen-bond donors (Lipinski definition) is 3. The third-order valence-corrected chi connectivity index (χ3v) is 7.34. The maximum absolute atomic E-state index is 13.3. The van der Waals surface area contributed by atoms with E-state index in [-0.39, 0.29) is 68.6 Å². The summed E-state index contributed by atoms with van der Waals surface area (Å²) in [5, 5.41) is 7.96. The molecule has 0 bridgehead atoms. The molecule has 3 aliphatic rings. The Morgan fingerprint density at radius 3 is 2.46 bits per heavy atom. The van der Waals surface area contributed by atoms with Crippen LogP contribution in [0.4, 0.5) is 18.9 Å². The molecule has 2 fully saturated rings. The van der Waals surface area contributed by atoms with Gasteiger partial charge < -0.3 is 15.5 Å². The van der Waals surface area contributed by atoms with E-state index < -0.39 is 23.5 Å². The molecule has 1 atom stereocenters. The number of halogens is 3. The second-order valence-corrected chi connectivity index (χ2v) is 9.63. The first-order chi connectivity index (χ1) is 17.6. The minimum atomic E-state index is -4.27. The van der Waals surface area contributed by atoms with Crippen LogP contribution in [-0.4, -0.2) is 47.3 Å². The Kier molecular flexibility index (Phi) is 6.17. The van der Waals surface area contributed by atoms with E-state index in [1.807, 2.05) is 0 Å². The van der Waals surface area contributed by atoms with E-state index in [1.54, 1.807) is 18.2 Å². The van der Waals surface area contributed by atoms with Crippen molar-refractivity contribution in [1.29, 1.82) is 0 Å². The molecule has 3 N–H and O–H groups in total. The predicted molar refractivity (Wildman–Crippen MR) is 126 cm³/mol. The van der Waals surface area contributed by atoms with Crippen LogP contribution in [0, 0.1) is 0 Å². The molecule has 2 aromatic carbocycles. The van der Waals surface area contributed by atoms with E-state index in [9.17, 15) is 32.3 Å². The topological polar surface area (TPSA) is 108 Å². The van der Waals surface area contributed by atoms with E-state index >= 15 is 0 Å². The highest BCUT2D eigenvalue weighted by molar-refractivity contribution is 6.05. The quantitative estimate of drug-likeness (QED) is 0.493. The fourth-order valence-electron chi connectivity index (χ4n) is 5.02. The van der Waals surface area contributed by atoms with Gasteiger partial charge in [0.05, 0.1) is 12.0 Å². The number of nitrogens with zero attached hydrogens (tertiary/aromatic N) is 1. The number of hydrogen-bond acceptors (Lipinski definition) is 5. The average Bonchev–Trinajstić information content (AvgIpc) is 3.62. The normalized spacial score (nSPS) is 20.4. The molecule has 2 aromatic rings. The molecule has 11 heteroatoms. The maximum atomic E-state index is 13.3. The maximum Gasteiger partial charge on any atom is 0.398 e. The summed E-state index contributed by atoms with van der Waals surface area (Å²) in [5.74, 6) is -1.47. The third kappa shape index (κ3) is 4.65. The SMILES string of the molecule is O=C(CNc1ccc(C2(C(F)(F)F)CC2)cc1)NCc1cccc2c1CN([C@H]1CCC(=O)NC1=O)C2=O. The lowest BCUT2D eigenvalue weighted by Crippen LogP contribution is -2.52. The number of amides is 4. The van der Waals surface area contributed by atoms with Gasteiger partial charge >= 0.3 is 6.18 Å². The Bertz CT molecular complexity index is 1270. The number of rotatable bonds is 7. The van der Waals surface area contributed by atoms with Crippen molar-refractivity contribution in [1.82, 2.24) is 15.5 Å². The number of fused-ring (bicyclic) bond motifs is 1. The van der Waals surface area contributed by atoms with Crippen LogP contribution in [0.3, 0.4) is 0 Å². The van der Waals surface area contributed by atoms with Gasteiger partial charge in [0.1, 0.15) is 6.04 Å². The third-order valence-electron chi connectivity index (χ3n) is 7.34. The molecule has 4 amide bonds. The fourth-order valence-corrected chi connectivity index (χ4v) is 5.02. The smallest absolute Gasteiger partial charge is 0.376 e. The molecule has 8 nitrogen and oxygen atoms in total. The molecule has 0 aromatic heterocycles. The molecular weight excluding hydrogens is 489 g/mol. The van der Waals surface area contributed by atoms with Gasteiger partial charge in [0, 0.05) is 30.8 Å². The standard InChI is InChI=1S/C26H25F3N4O4/c27-26(28,29)25(10-11-25)16-4-6-17(7-5-16)30-13-22(35)31-12-15-2-1-3-18-19(15)14-33(24(18)37)20-8-9-21(34)32-23(20)36/h1-7,20,30H,8-14H2,(H,31,35)(H,32,34,36)/t20-/m0/s1. The van der Waals surface area contributed by atoms with Crippen molar-refractivity contribution in [2.75, 3.05) is 11.9 Å². The minimum Gasteiger partial charge on any atom is -0.376 e.